The van der Waals surface area contributed by atoms with Crippen molar-refractivity contribution in [2.45, 2.75) is 5.08 Å². The van der Waals surface area contributed by atoms with Crippen molar-refractivity contribution < 1.29 is 9.18 Å². The molecule has 0 fully saturated rings. The Hall–Kier alpha value is 0.370. The summed E-state index contributed by atoms with van der Waals surface area (Å²) in [5.41, 5.74) is 0. The predicted octanol–water partition coefficient (Wildman–Crippen LogP) is 1.44. The molecule has 0 spiro atoms. The SMILES string of the molecule is O=C(Cl)C(F)Br. The van der Waals surface area contributed by atoms with E-state index in [2.05, 4.69) is 27.5 Å². The maximum atomic E-state index is 11.3. The van der Waals surface area contributed by atoms with E-state index in [0.29, 0.717) is 0 Å². The van der Waals surface area contributed by atoms with Crippen molar-refractivity contribution in [3.05, 3.63) is 0 Å². The third-order valence-electron chi connectivity index (χ3n) is 0.172. The van der Waals surface area contributed by atoms with Gasteiger partial charge in [-0.05, 0) is 27.5 Å². The van der Waals surface area contributed by atoms with Gasteiger partial charge in [0, 0.05) is 0 Å². The molecule has 0 heterocycles. The molecular weight excluding hydrogens is 174 g/mol. The maximum Gasteiger partial charge on any atom is 0.266 e. The molecule has 1 nitrogen and oxygen atoms in total. The van der Waals surface area contributed by atoms with Crippen molar-refractivity contribution in [2.75, 3.05) is 0 Å². The van der Waals surface area contributed by atoms with Crippen LogP contribution < -0.4 is 0 Å². The average Bonchev–Trinajstić information content (AvgIpc) is 1.36. The summed E-state index contributed by atoms with van der Waals surface area (Å²) in [4.78, 5) is 9.49. The minimum absolute atomic E-state index is 1.02. The Morgan fingerprint density at radius 3 is 2.17 bits per heavy atom. The van der Waals surface area contributed by atoms with Crippen molar-refractivity contribution >= 4 is 32.8 Å². The van der Waals surface area contributed by atoms with E-state index < -0.39 is 10.3 Å². The molecule has 0 amide bonds. The first-order valence-corrected chi connectivity index (χ1v) is 2.41. The first kappa shape index (κ1) is 6.37. The molecule has 0 aliphatic rings. The third-order valence-corrected chi connectivity index (χ3v) is 1.04. The van der Waals surface area contributed by atoms with Crippen LogP contribution in [0.1, 0.15) is 0 Å². The smallest absolute Gasteiger partial charge is 0.266 e. The molecule has 0 N–H and O–H groups in total. The Bertz CT molecular complexity index is 64.6. The molecule has 0 radical (unpaired) electrons. The van der Waals surface area contributed by atoms with Crippen LogP contribution in [0.3, 0.4) is 0 Å². The van der Waals surface area contributed by atoms with Crippen LogP contribution in [0.5, 0.6) is 0 Å². The molecule has 4 heteroatoms. The molecule has 0 aliphatic heterocycles. The molecule has 1 unspecified atom stereocenters. The Morgan fingerprint density at radius 2 is 2.17 bits per heavy atom. The van der Waals surface area contributed by atoms with Crippen LogP contribution >= 0.6 is 27.5 Å². The summed E-state index contributed by atoms with van der Waals surface area (Å²) in [6.07, 6.45) is 0. The number of alkyl halides is 2. The van der Waals surface area contributed by atoms with Crippen LogP contribution in [0.2, 0.25) is 0 Å². The van der Waals surface area contributed by atoms with Gasteiger partial charge >= 0.3 is 0 Å². The van der Waals surface area contributed by atoms with E-state index in [-0.39, 0.29) is 0 Å². The van der Waals surface area contributed by atoms with E-state index in [9.17, 15) is 9.18 Å². The van der Waals surface area contributed by atoms with E-state index >= 15 is 0 Å². The molecule has 0 aromatic heterocycles. The van der Waals surface area contributed by atoms with Gasteiger partial charge in [-0.25, -0.2) is 4.39 Å². The van der Waals surface area contributed by atoms with Crippen molar-refractivity contribution in [1.82, 2.24) is 0 Å². The van der Waals surface area contributed by atoms with E-state index in [4.69, 9.17) is 0 Å². The number of hydrogen-bond acceptors (Lipinski definition) is 1. The molecule has 1 atom stereocenters. The zero-order valence-electron chi connectivity index (χ0n) is 2.62. The molecule has 0 rings (SSSR count). The molecule has 6 heavy (non-hydrogen) atoms. The monoisotopic (exact) mass is 174 g/mol. The highest BCUT2D eigenvalue weighted by molar-refractivity contribution is 9.09. The molecule has 0 aromatic carbocycles. The Morgan fingerprint density at radius 1 is 2.00 bits per heavy atom. The van der Waals surface area contributed by atoms with E-state index in [1.165, 1.54) is 0 Å². The number of halogens is 3. The van der Waals surface area contributed by atoms with Crippen LogP contribution in [0.25, 0.3) is 0 Å². The maximum absolute atomic E-state index is 11.3. The number of rotatable bonds is 1. The molecule has 0 aromatic rings. The molecule has 0 aliphatic carbocycles. The third kappa shape index (κ3) is 2.60. The lowest BCUT2D eigenvalue weighted by atomic mass is 10.9. The minimum atomic E-state index is -1.71. The van der Waals surface area contributed by atoms with Crippen LogP contribution in [0.4, 0.5) is 4.39 Å². The first-order chi connectivity index (χ1) is 2.64. The zero-order chi connectivity index (χ0) is 5.15. The second kappa shape index (κ2) is 2.53. The quantitative estimate of drug-likeness (QED) is 0.435. The van der Waals surface area contributed by atoms with Gasteiger partial charge in [0.2, 0.25) is 5.08 Å². The van der Waals surface area contributed by atoms with Gasteiger partial charge < -0.3 is 0 Å². The standard InChI is InChI=1S/C2HBrClFO/c3-1(5)2(4)6/h1H. The summed E-state index contributed by atoms with van der Waals surface area (Å²) in [5.74, 6) is 0. The summed E-state index contributed by atoms with van der Waals surface area (Å²) < 4.78 is 11.3. The van der Waals surface area contributed by atoms with Crippen molar-refractivity contribution in [3.63, 3.8) is 0 Å². The number of carbonyl (C=O) groups excluding carboxylic acids is 1. The summed E-state index contributed by atoms with van der Waals surface area (Å²) in [5, 5.41) is -2.73. The lowest BCUT2D eigenvalue weighted by Crippen LogP contribution is -1.96. The van der Waals surface area contributed by atoms with Crippen molar-refractivity contribution in [2.24, 2.45) is 0 Å². The second-order valence-corrected chi connectivity index (χ2v) is 1.78. The topological polar surface area (TPSA) is 17.1 Å². The summed E-state index contributed by atoms with van der Waals surface area (Å²) >= 11 is 6.84. The van der Waals surface area contributed by atoms with Gasteiger partial charge in [0.1, 0.15) is 0 Å². The highest BCUT2D eigenvalue weighted by atomic mass is 79.9. The number of carbonyl (C=O) groups is 1. The first-order valence-electron chi connectivity index (χ1n) is 1.12. The summed E-state index contributed by atoms with van der Waals surface area (Å²) in [7, 11) is 0. The van der Waals surface area contributed by atoms with E-state index in [0.717, 1.165) is 0 Å². The average molecular weight is 175 g/mol. The second-order valence-electron chi connectivity index (χ2n) is 0.605. The van der Waals surface area contributed by atoms with E-state index in [1.807, 2.05) is 0 Å². The Labute approximate surface area is 47.6 Å². The molecule has 0 saturated carbocycles. The zero-order valence-corrected chi connectivity index (χ0v) is 4.96. The lowest BCUT2D eigenvalue weighted by Gasteiger charge is -1.81. The molecular formula is C2HBrClFO. The fourth-order valence-electron chi connectivity index (χ4n) is 0. The van der Waals surface area contributed by atoms with Gasteiger partial charge in [0.05, 0.1) is 0 Å². The molecule has 0 bridgehead atoms. The summed E-state index contributed by atoms with van der Waals surface area (Å²) in [6.45, 7) is 0. The van der Waals surface area contributed by atoms with Gasteiger partial charge in [-0.15, -0.1) is 0 Å². The Kier molecular flexibility index (Phi) is 2.68. The van der Waals surface area contributed by atoms with Crippen LogP contribution in [-0.2, 0) is 4.79 Å². The minimum Gasteiger partial charge on any atom is -0.277 e. The van der Waals surface area contributed by atoms with Gasteiger partial charge in [0.15, 0.2) is 0 Å². The summed E-state index contributed by atoms with van der Waals surface area (Å²) in [6, 6.07) is 0. The largest absolute Gasteiger partial charge is 0.277 e. The molecule has 0 saturated heterocycles. The van der Waals surface area contributed by atoms with Gasteiger partial charge in [-0.3, -0.25) is 4.79 Å². The molecule has 36 valence electrons. The Balaban J connectivity index is 3.26. The fourth-order valence-corrected chi connectivity index (χ4v) is 0. The van der Waals surface area contributed by atoms with Gasteiger partial charge in [0.25, 0.3) is 5.24 Å². The number of hydrogen-bond donors (Lipinski definition) is 0. The fraction of sp³-hybridized carbons (Fsp3) is 0.500. The lowest BCUT2D eigenvalue weighted by molar-refractivity contribution is -0.113. The van der Waals surface area contributed by atoms with Gasteiger partial charge in [-0.1, -0.05) is 0 Å². The van der Waals surface area contributed by atoms with Gasteiger partial charge in [-0.2, -0.15) is 0 Å². The van der Waals surface area contributed by atoms with Crippen LogP contribution in [0.15, 0.2) is 0 Å². The van der Waals surface area contributed by atoms with Crippen molar-refractivity contribution in [1.29, 1.82) is 0 Å². The highest BCUT2D eigenvalue weighted by Crippen LogP contribution is 2.03. The van der Waals surface area contributed by atoms with Crippen molar-refractivity contribution in [3.8, 4) is 0 Å². The van der Waals surface area contributed by atoms with E-state index in [1.54, 1.807) is 0 Å². The van der Waals surface area contributed by atoms with Crippen LogP contribution in [-0.4, -0.2) is 10.3 Å². The predicted molar refractivity (Wildman–Crippen MR) is 24.7 cm³/mol. The highest BCUT2D eigenvalue weighted by Gasteiger charge is 2.06. The normalized spacial score (nSPS) is 13.8. The van der Waals surface area contributed by atoms with Crippen LogP contribution in [0, 0.1) is 0 Å².